The van der Waals surface area contributed by atoms with Crippen LogP contribution in [0.25, 0.3) is 11.3 Å². The molecule has 2 fully saturated rings. The first-order valence-corrected chi connectivity index (χ1v) is 25.8. The van der Waals surface area contributed by atoms with E-state index in [2.05, 4.69) is 34.9 Å². The topological polar surface area (TPSA) is 222 Å². The van der Waals surface area contributed by atoms with E-state index in [0.29, 0.717) is 39.3 Å². The predicted molar refractivity (Wildman–Crippen MR) is 260 cm³/mol. The van der Waals surface area contributed by atoms with Crippen LogP contribution in [0.2, 0.25) is 20.4 Å². The highest BCUT2D eigenvalue weighted by Gasteiger charge is 2.31. The normalized spacial score (nSPS) is 16.7. The Morgan fingerprint density at radius 3 is 1.76 bits per heavy atom. The van der Waals surface area contributed by atoms with E-state index in [-0.39, 0.29) is 46.9 Å². The van der Waals surface area contributed by atoms with Crippen molar-refractivity contribution >= 4 is 101 Å². The van der Waals surface area contributed by atoms with Gasteiger partial charge in [-0.3, -0.25) is 14.2 Å². The second-order valence-corrected chi connectivity index (χ2v) is 20.9. The number of fused-ring (bicyclic) bond motifs is 2. The largest absolute Gasteiger partial charge is 0.478 e. The molecule has 66 heavy (non-hydrogen) atoms. The molecule has 0 bridgehead atoms. The van der Waals surface area contributed by atoms with Crippen molar-refractivity contribution in [1.82, 2.24) is 39.4 Å². The van der Waals surface area contributed by atoms with Crippen molar-refractivity contribution in [1.29, 1.82) is 0 Å². The standard InChI is InChI=1S/C21H23Cl2N5O3S.C13H17ClN4.C8H8ClNO4S.CH4/c1-13-12-28-19(24-20(13)23)11-17(25-28)18-6-4-3-5-9-27(18)21(29)15-10-14(22)7-8-16(15)26-32(2,30)31;1-9-8-18-12(16-13(9)14)7-11(17-18)10-5-3-2-4-6-15-10;1-15(13,14)10-7-3-2-5(9)4-6(7)8(11)12;/h7-8,10-12,18,26H,3-6,9H2,1-2H3;7-8,10,15H,2-6H2,1H3;2-4,10H,1H3,(H,11,12);1H4. The number of benzene rings is 2. The molecule has 0 aliphatic carbocycles. The molecule has 17 nitrogen and oxygen atoms in total. The van der Waals surface area contributed by atoms with Gasteiger partial charge in [-0.2, -0.15) is 10.2 Å². The van der Waals surface area contributed by atoms with Gasteiger partial charge in [0.05, 0.1) is 58.5 Å². The summed E-state index contributed by atoms with van der Waals surface area (Å²) in [6, 6.07) is 12.4. The molecule has 8 rings (SSSR count). The lowest BCUT2D eigenvalue weighted by molar-refractivity contribution is 0.0674. The van der Waals surface area contributed by atoms with Gasteiger partial charge in [0.25, 0.3) is 5.91 Å². The van der Waals surface area contributed by atoms with Crippen molar-refractivity contribution in [3.05, 3.63) is 115 Å². The van der Waals surface area contributed by atoms with Gasteiger partial charge in [-0.05, 0) is 82.5 Å². The highest BCUT2D eigenvalue weighted by Crippen LogP contribution is 2.34. The number of aromatic nitrogens is 6. The summed E-state index contributed by atoms with van der Waals surface area (Å²) in [5.41, 5.74) is 5.19. The number of nitrogens with zero attached hydrogens (tertiary/aromatic N) is 7. The van der Waals surface area contributed by atoms with Crippen LogP contribution in [0.3, 0.4) is 0 Å². The third kappa shape index (κ3) is 13.9. The van der Waals surface area contributed by atoms with Crippen molar-refractivity contribution < 1.29 is 31.5 Å². The van der Waals surface area contributed by atoms with E-state index >= 15 is 0 Å². The van der Waals surface area contributed by atoms with Crippen LogP contribution in [-0.4, -0.2) is 93.5 Å². The molecule has 6 aromatic rings. The number of carboxylic acid groups (broad SMARTS) is 1. The van der Waals surface area contributed by atoms with Gasteiger partial charge in [0, 0.05) is 52.2 Å². The number of halogens is 4. The van der Waals surface area contributed by atoms with Gasteiger partial charge in [0.2, 0.25) is 20.0 Å². The Bertz CT molecular complexity index is 2860. The predicted octanol–water partition coefficient (Wildman–Crippen LogP) is 9.42. The molecule has 4 aromatic heterocycles. The summed E-state index contributed by atoms with van der Waals surface area (Å²) in [6.45, 7) is 5.40. The van der Waals surface area contributed by atoms with Crippen molar-refractivity contribution in [2.75, 3.05) is 35.0 Å². The number of carbonyl (C=O) groups excluding carboxylic acids is 1. The highest BCUT2D eigenvalue weighted by atomic mass is 35.5. The third-order valence-corrected chi connectivity index (χ3v) is 12.9. The van der Waals surface area contributed by atoms with E-state index in [1.165, 1.54) is 49.6 Å². The number of rotatable bonds is 8. The highest BCUT2D eigenvalue weighted by molar-refractivity contribution is 7.92. The van der Waals surface area contributed by atoms with Crippen LogP contribution < -0.4 is 14.8 Å². The maximum absolute atomic E-state index is 13.7. The number of carboxylic acids is 1. The Morgan fingerprint density at radius 2 is 1.20 bits per heavy atom. The van der Waals surface area contributed by atoms with E-state index in [4.69, 9.17) is 51.5 Å². The smallest absolute Gasteiger partial charge is 0.337 e. The maximum atomic E-state index is 13.7. The molecule has 2 unspecified atom stereocenters. The summed E-state index contributed by atoms with van der Waals surface area (Å²) in [6.07, 6.45) is 14.2. The van der Waals surface area contributed by atoms with E-state index in [1.807, 2.05) is 42.9 Å². The third-order valence-electron chi connectivity index (χ3n) is 10.5. The summed E-state index contributed by atoms with van der Waals surface area (Å²) < 4.78 is 53.5. The van der Waals surface area contributed by atoms with Gasteiger partial charge in [-0.15, -0.1) is 0 Å². The molecule has 6 heterocycles. The molecule has 23 heteroatoms. The van der Waals surface area contributed by atoms with Gasteiger partial charge >= 0.3 is 5.97 Å². The molecule has 1 amide bonds. The van der Waals surface area contributed by atoms with Crippen LogP contribution in [0.1, 0.15) is 114 Å². The Hall–Kier alpha value is -4.76. The van der Waals surface area contributed by atoms with Crippen LogP contribution in [0.15, 0.2) is 60.9 Å². The number of carbonyl (C=O) groups is 2. The molecule has 0 spiro atoms. The van der Waals surface area contributed by atoms with E-state index in [9.17, 15) is 26.4 Å². The lowest BCUT2D eigenvalue weighted by Gasteiger charge is -2.29. The summed E-state index contributed by atoms with van der Waals surface area (Å²) >= 11 is 24.0. The Labute approximate surface area is 404 Å². The average molecular weight is 1030 g/mol. The molecule has 2 saturated heterocycles. The quantitative estimate of drug-likeness (QED) is 0.105. The molecule has 2 atom stereocenters. The number of aromatic carboxylic acids is 1. The zero-order valence-electron chi connectivity index (χ0n) is 35.9. The first-order chi connectivity index (χ1) is 30.7. The fraction of sp³-hybridized carbons (Fsp3) is 0.395. The molecular weight excluding hydrogens is 974 g/mol. The minimum Gasteiger partial charge on any atom is -0.478 e. The number of nitrogens with one attached hydrogen (secondary N) is 3. The van der Waals surface area contributed by atoms with Crippen LogP contribution >= 0.6 is 46.4 Å². The maximum Gasteiger partial charge on any atom is 0.337 e. The lowest BCUT2D eigenvalue weighted by atomic mass is 10.0. The number of hydrogen-bond acceptors (Lipinski definition) is 11. The number of hydrogen-bond donors (Lipinski definition) is 4. The minimum absolute atomic E-state index is 0. The zero-order chi connectivity index (χ0) is 47.2. The summed E-state index contributed by atoms with van der Waals surface area (Å²) in [7, 11) is -7.08. The van der Waals surface area contributed by atoms with Crippen LogP contribution in [-0.2, 0) is 20.0 Å². The van der Waals surface area contributed by atoms with Crippen LogP contribution in [0.5, 0.6) is 0 Å². The second-order valence-electron chi connectivity index (χ2n) is 15.8. The van der Waals surface area contributed by atoms with Crippen molar-refractivity contribution in [2.45, 2.75) is 84.7 Å². The van der Waals surface area contributed by atoms with E-state index in [1.54, 1.807) is 15.5 Å². The van der Waals surface area contributed by atoms with Gasteiger partial charge in [-0.1, -0.05) is 79.5 Å². The first kappa shape index (κ1) is 52.2. The zero-order valence-corrected chi connectivity index (χ0v) is 40.5. The fourth-order valence-corrected chi connectivity index (χ4v) is 9.18. The summed E-state index contributed by atoms with van der Waals surface area (Å²) in [4.78, 5) is 34.9. The Morgan fingerprint density at radius 1 is 0.697 bits per heavy atom. The van der Waals surface area contributed by atoms with E-state index < -0.39 is 26.0 Å². The van der Waals surface area contributed by atoms with Crippen molar-refractivity contribution in [3.8, 4) is 0 Å². The Kier molecular flexibility index (Phi) is 17.7. The van der Waals surface area contributed by atoms with Gasteiger partial charge < -0.3 is 15.3 Å². The summed E-state index contributed by atoms with van der Waals surface area (Å²) in [5.74, 6) is -1.55. The van der Waals surface area contributed by atoms with Gasteiger partial charge in [0.1, 0.15) is 10.3 Å². The Balaban J connectivity index is 0.000000203. The first-order valence-electron chi connectivity index (χ1n) is 20.5. The number of sulfonamides is 2. The lowest BCUT2D eigenvalue weighted by Crippen LogP contribution is -2.35. The molecule has 2 aliphatic heterocycles. The van der Waals surface area contributed by atoms with Gasteiger partial charge in [0.15, 0.2) is 11.3 Å². The molecule has 356 valence electrons. The minimum atomic E-state index is -3.58. The fourth-order valence-electron chi connectivity index (χ4n) is 7.41. The second kappa shape index (κ2) is 22.4. The van der Waals surface area contributed by atoms with Crippen LogP contribution in [0, 0.1) is 13.8 Å². The number of likely N-dealkylation sites (tertiary alicyclic amines) is 1. The molecule has 0 saturated carbocycles. The van der Waals surface area contributed by atoms with Crippen LogP contribution in [0.4, 0.5) is 11.4 Å². The molecule has 2 aromatic carbocycles. The number of amides is 1. The van der Waals surface area contributed by atoms with Crippen molar-refractivity contribution in [2.24, 2.45) is 0 Å². The number of aryl methyl sites for hydroxylation is 2. The average Bonchev–Trinajstić information content (AvgIpc) is 3.57. The number of anilines is 2. The molecular formula is C43H52Cl4N10O7S2. The molecule has 4 N–H and O–H groups in total. The molecule has 2 aliphatic rings. The van der Waals surface area contributed by atoms with Crippen molar-refractivity contribution in [3.63, 3.8) is 0 Å². The van der Waals surface area contributed by atoms with Gasteiger partial charge in [-0.25, -0.2) is 40.6 Å². The SMILES string of the molecule is C.CS(=O)(=O)Nc1ccc(Cl)cc1C(=O)O.Cc1cn2nc(C3CCCCCN3)cc2nc1Cl.Cc1cn2nc(C3CCCCCN3C(=O)c3cc(Cl)ccc3NS(C)(=O)=O)cc2nc1Cl. The monoisotopic (exact) mass is 1020 g/mol. The molecule has 0 radical (unpaired) electrons. The summed E-state index contributed by atoms with van der Waals surface area (Å²) in [5, 5.41) is 23.2. The van der Waals surface area contributed by atoms with E-state index in [0.717, 1.165) is 73.6 Å².